The number of hydrogen-bond acceptors (Lipinski definition) is 4. The minimum absolute atomic E-state index is 0.0425. The predicted molar refractivity (Wildman–Crippen MR) is 117 cm³/mol. The van der Waals surface area contributed by atoms with Crippen molar-refractivity contribution >= 4 is 17.3 Å². The van der Waals surface area contributed by atoms with Crippen LogP contribution in [0.5, 0.6) is 17.2 Å². The molecule has 150 valence electrons. The fraction of sp³-hybridized carbons (Fsp3) is 0.208. The van der Waals surface area contributed by atoms with Gasteiger partial charge in [0.15, 0.2) is 0 Å². The first-order chi connectivity index (χ1) is 14.1. The highest BCUT2D eigenvalue weighted by Gasteiger charge is 2.04. The fourth-order valence-electron chi connectivity index (χ4n) is 2.70. The van der Waals surface area contributed by atoms with Gasteiger partial charge in [-0.05, 0) is 74.5 Å². The number of anilines is 2. The molecule has 3 rings (SSSR count). The Morgan fingerprint density at radius 3 is 2.03 bits per heavy atom. The van der Waals surface area contributed by atoms with Crippen LogP contribution < -0.4 is 20.1 Å². The second-order valence-electron chi connectivity index (χ2n) is 6.86. The van der Waals surface area contributed by atoms with Crippen molar-refractivity contribution in [2.45, 2.75) is 26.4 Å². The molecule has 0 unspecified atom stereocenters. The van der Waals surface area contributed by atoms with Crippen molar-refractivity contribution in [1.29, 1.82) is 0 Å². The normalized spacial score (nSPS) is 10.4. The monoisotopic (exact) mass is 390 g/mol. The van der Waals surface area contributed by atoms with Gasteiger partial charge in [-0.1, -0.05) is 18.2 Å². The molecule has 5 nitrogen and oxygen atoms in total. The summed E-state index contributed by atoms with van der Waals surface area (Å²) in [5, 5.41) is 6.14. The van der Waals surface area contributed by atoms with Gasteiger partial charge in [0, 0.05) is 24.3 Å². The number of hydrogen-bond donors (Lipinski definition) is 2. The number of rotatable bonds is 9. The molecule has 1 amide bonds. The van der Waals surface area contributed by atoms with Crippen LogP contribution in [-0.4, -0.2) is 18.6 Å². The van der Waals surface area contributed by atoms with Gasteiger partial charge in [-0.15, -0.1) is 0 Å². The third-order valence-electron chi connectivity index (χ3n) is 4.02. The average molecular weight is 390 g/mol. The number of carbonyl (C=O) groups is 1. The van der Waals surface area contributed by atoms with Crippen LogP contribution in [0.2, 0.25) is 0 Å². The highest BCUT2D eigenvalue weighted by molar-refractivity contribution is 5.91. The van der Waals surface area contributed by atoms with Gasteiger partial charge >= 0.3 is 0 Å². The SMILES string of the molecule is CC(C)Oc1ccc(NC(=O)CCNc2ccc(Oc3ccccc3)cc2)cc1. The Morgan fingerprint density at radius 2 is 1.38 bits per heavy atom. The predicted octanol–water partition coefficient (Wildman–Crippen LogP) is 5.71. The number of benzene rings is 3. The first-order valence-corrected chi connectivity index (χ1v) is 9.72. The minimum Gasteiger partial charge on any atom is -0.491 e. The van der Waals surface area contributed by atoms with E-state index in [2.05, 4.69) is 10.6 Å². The topological polar surface area (TPSA) is 59.6 Å². The molecule has 0 bridgehead atoms. The Hall–Kier alpha value is -3.47. The van der Waals surface area contributed by atoms with E-state index >= 15 is 0 Å². The molecule has 0 atom stereocenters. The maximum absolute atomic E-state index is 12.1. The maximum atomic E-state index is 12.1. The highest BCUT2D eigenvalue weighted by atomic mass is 16.5. The number of carbonyl (C=O) groups excluding carboxylic acids is 1. The highest BCUT2D eigenvalue weighted by Crippen LogP contribution is 2.22. The molecule has 0 aromatic heterocycles. The first-order valence-electron chi connectivity index (χ1n) is 9.72. The molecule has 2 N–H and O–H groups in total. The van der Waals surface area contributed by atoms with Crippen molar-refractivity contribution in [1.82, 2.24) is 0 Å². The lowest BCUT2D eigenvalue weighted by atomic mass is 10.2. The van der Waals surface area contributed by atoms with E-state index in [9.17, 15) is 4.79 Å². The van der Waals surface area contributed by atoms with Crippen LogP contribution >= 0.6 is 0 Å². The van der Waals surface area contributed by atoms with Crippen LogP contribution in [0, 0.1) is 0 Å². The zero-order valence-corrected chi connectivity index (χ0v) is 16.7. The van der Waals surface area contributed by atoms with Crippen molar-refractivity contribution in [2.24, 2.45) is 0 Å². The van der Waals surface area contributed by atoms with Crippen molar-refractivity contribution in [3.05, 3.63) is 78.9 Å². The summed E-state index contributed by atoms with van der Waals surface area (Å²) in [5.74, 6) is 2.32. The Bertz CT molecular complexity index is 892. The average Bonchev–Trinajstić information content (AvgIpc) is 2.71. The lowest BCUT2D eigenvalue weighted by Crippen LogP contribution is -2.16. The number of ether oxygens (including phenoxy) is 2. The summed E-state index contributed by atoms with van der Waals surface area (Å²) >= 11 is 0. The van der Waals surface area contributed by atoms with Crippen molar-refractivity contribution < 1.29 is 14.3 Å². The van der Waals surface area contributed by atoms with Crippen LogP contribution in [0.4, 0.5) is 11.4 Å². The zero-order valence-electron chi connectivity index (χ0n) is 16.7. The van der Waals surface area contributed by atoms with E-state index in [0.717, 1.165) is 28.6 Å². The second kappa shape index (κ2) is 10.2. The molecule has 0 aliphatic carbocycles. The third-order valence-corrected chi connectivity index (χ3v) is 4.02. The summed E-state index contributed by atoms with van der Waals surface area (Å²) in [6.45, 7) is 4.50. The Labute approximate surface area is 171 Å². The van der Waals surface area contributed by atoms with Gasteiger partial charge in [0.25, 0.3) is 0 Å². The largest absolute Gasteiger partial charge is 0.491 e. The Kier molecular flexibility index (Phi) is 7.11. The summed E-state index contributed by atoms with van der Waals surface area (Å²) in [6, 6.07) is 24.7. The number of amides is 1. The fourth-order valence-corrected chi connectivity index (χ4v) is 2.70. The van der Waals surface area contributed by atoms with Crippen LogP contribution in [0.15, 0.2) is 78.9 Å². The molecule has 0 heterocycles. The molecule has 0 spiro atoms. The lowest BCUT2D eigenvalue weighted by molar-refractivity contribution is -0.115. The van der Waals surface area contributed by atoms with Gasteiger partial charge in [0.1, 0.15) is 17.2 Å². The summed E-state index contributed by atoms with van der Waals surface area (Å²) in [6.07, 6.45) is 0.493. The van der Waals surface area contributed by atoms with E-state index < -0.39 is 0 Å². The summed E-state index contributed by atoms with van der Waals surface area (Å²) < 4.78 is 11.4. The van der Waals surface area contributed by atoms with Crippen molar-refractivity contribution in [3.63, 3.8) is 0 Å². The van der Waals surface area contributed by atoms with Gasteiger partial charge < -0.3 is 20.1 Å². The van der Waals surface area contributed by atoms with E-state index in [-0.39, 0.29) is 12.0 Å². The third kappa shape index (κ3) is 6.88. The molecule has 0 saturated carbocycles. The van der Waals surface area contributed by atoms with Gasteiger partial charge in [0.2, 0.25) is 5.91 Å². The summed E-state index contributed by atoms with van der Waals surface area (Å²) in [5.41, 5.74) is 1.70. The Morgan fingerprint density at radius 1 is 0.793 bits per heavy atom. The van der Waals surface area contributed by atoms with Gasteiger partial charge in [0.05, 0.1) is 6.10 Å². The molecular weight excluding hydrogens is 364 g/mol. The summed E-state index contributed by atoms with van der Waals surface area (Å²) in [4.78, 5) is 12.1. The molecule has 0 fully saturated rings. The van der Waals surface area contributed by atoms with E-state index in [0.29, 0.717) is 13.0 Å². The minimum atomic E-state index is -0.0425. The molecule has 29 heavy (non-hydrogen) atoms. The van der Waals surface area contributed by atoms with Crippen LogP contribution in [0.1, 0.15) is 20.3 Å². The first kappa shape index (κ1) is 20.3. The van der Waals surface area contributed by atoms with E-state index in [4.69, 9.17) is 9.47 Å². The quantitative estimate of drug-likeness (QED) is 0.491. The summed E-state index contributed by atoms with van der Waals surface area (Å²) in [7, 11) is 0. The standard InChI is InChI=1S/C24H26N2O3/c1-18(2)28-22-14-10-20(11-15-22)26-24(27)16-17-25-19-8-12-23(13-9-19)29-21-6-4-3-5-7-21/h3-15,18,25H,16-17H2,1-2H3,(H,26,27). The number of nitrogens with one attached hydrogen (secondary N) is 2. The molecule has 5 heteroatoms. The molecule has 0 saturated heterocycles. The molecular formula is C24H26N2O3. The van der Waals surface area contributed by atoms with Gasteiger partial charge in [-0.2, -0.15) is 0 Å². The van der Waals surface area contributed by atoms with Crippen LogP contribution in [0.3, 0.4) is 0 Å². The lowest BCUT2D eigenvalue weighted by Gasteiger charge is -2.11. The Balaban J connectivity index is 1.40. The second-order valence-corrected chi connectivity index (χ2v) is 6.86. The van der Waals surface area contributed by atoms with Gasteiger partial charge in [-0.3, -0.25) is 4.79 Å². The van der Waals surface area contributed by atoms with E-state index in [1.54, 1.807) is 0 Å². The molecule has 3 aromatic carbocycles. The van der Waals surface area contributed by atoms with Crippen molar-refractivity contribution in [2.75, 3.05) is 17.2 Å². The van der Waals surface area contributed by atoms with E-state index in [1.807, 2.05) is 92.7 Å². The van der Waals surface area contributed by atoms with Crippen LogP contribution in [0.25, 0.3) is 0 Å². The molecule has 0 aliphatic rings. The molecule has 0 radical (unpaired) electrons. The zero-order chi connectivity index (χ0) is 20.5. The van der Waals surface area contributed by atoms with Crippen LogP contribution in [-0.2, 0) is 4.79 Å². The smallest absolute Gasteiger partial charge is 0.226 e. The molecule has 0 aliphatic heterocycles. The van der Waals surface area contributed by atoms with Crippen molar-refractivity contribution in [3.8, 4) is 17.2 Å². The van der Waals surface area contributed by atoms with Gasteiger partial charge in [-0.25, -0.2) is 0 Å². The maximum Gasteiger partial charge on any atom is 0.226 e. The molecule has 3 aromatic rings. The number of para-hydroxylation sites is 1. The van der Waals surface area contributed by atoms with E-state index in [1.165, 1.54) is 0 Å².